The normalized spacial score (nSPS) is 18.2. The van der Waals surface area contributed by atoms with E-state index in [9.17, 15) is 18.4 Å². The van der Waals surface area contributed by atoms with Gasteiger partial charge in [0, 0.05) is 31.4 Å². The summed E-state index contributed by atoms with van der Waals surface area (Å²) in [4.78, 5) is 31.4. The molecule has 32 heavy (non-hydrogen) atoms. The number of hydrogen-bond donors (Lipinski definition) is 1. The van der Waals surface area contributed by atoms with E-state index in [2.05, 4.69) is 15.0 Å². The predicted octanol–water partition coefficient (Wildman–Crippen LogP) is 2.98. The van der Waals surface area contributed by atoms with Crippen molar-refractivity contribution in [1.82, 2.24) is 15.2 Å². The minimum absolute atomic E-state index is 0.0370. The summed E-state index contributed by atoms with van der Waals surface area (Å²) >= 11 is 0. The van der Waals surface area contributed by atoms with Crippen molar-refractivity contribution in [3.63, 3.8) is 0 Å². The molecule has 0 bridgehead atoms. The Bertz CT molecular complexity index is 972. The molecule has 1 fully saturated rings. The maximum Gasteiger partial charge on any atom is 0.387 e. The summed E-state index contributed by atoms with van der Waals surface area (Å²) < 4.78 is 40.0. The molecule has 1 N–H and O–H groups in total. The fourth-order valence-electron chi connectivity index (χ4n) is 3.67. The fraction of sp³-hybridized carbons (Fsp3) is 0.409. The van der Waals surface area contributed by atoms with E-state index in [0.717, 1.165) is 0 Å². The molecule has 1 aromatic heterocycles. The second-order valence-electron chi connectivity index (χ2n) is 7.41. The van der Waals surface area contributed by atoms with Crippen LogP contribution in [0.4, 0.5) is 8.78 Å². The molecule has 8 nitrogen and oxygen atoms in total. The second kappa shape index (κ2) is 10.3. The Morgan fingerprint density at radius 3 is 2.59 bits per heavy atom. The molecular weight excluding hydrogens is 424 g/mol. The molecule has 1 aliphatic heterocycles. The number of carbonyl (C=O) groups excluding carboxylic acids is 2. The number of para-hydroxylation sites is 1. The van der Waals surface area contributed by atoms with Crippen LogP contribution >= 0.6 is 0 Å². The van der Waals surface area contributed by atoms with Crippen LogP contribution in [0.3, 0.4) is 0 Å². The molecule has 2 amide bonds. The molecule has 172 valence electrons. The van der Waals surface area contributed by atoms with Gasteiger partial charge in [-0.1, -0.05) is 19.1 Å². The zero-order valence-electron chi connectivity index (χ0n) is 18.0. The summed E-state index contributed by atoms with van der Waals surface area (Å²) in [5.41, 5.74) is 0.408. The van der Waals surface area contributed by atoms with Gasteiger partial charge in [0.2, 0.25) is 0 Å². The first-order chi connectivity index (χ1) is 15.3. The van der Waals surface area contributed by atoms with Crippen molar-refractivity contribution >= 4 is 11.8 Å². The number of pyridine rings is 1. The van der Waals surface area contributed by atoms with Gasteiger partial charge in [-0.15, -0.1) is 0 Å². The van der Waals surface area contributed by atoms with Crippen molar-refractivity contribution in [3.05, 3.63) is 47.7 Å². The summed E-state index contributed by atoms with van der Waals surface area (Å²) in [6, 6.07) is 7.20. The van der Waals surface area contributed by atoms with Crippen LogP contribution in [0.25, 0.3) is 0 Å². The third kappa shape index (κ3) is 5.24. The highest BCUT2D eigenvalue weighted by Crippen LogP contribution is 2.27. The van der Waals surface area contributed by atoms with E-state index in [1.807, 2.05) is 6.92 Å². The quantitative estimate of drug-likeness (QED) is 0.699. The number of aromatic nitrogens is 1. The molecule has 0 aliphatic carbocycles. The molecule has 0 saturated carbocycles. The number of ether oxygens (including phenoxy) is 3. The van der Waals surface area contributed by atoms with Crippen LogP contribution in [0.15, 0.2) is 36.5 Å². The maximum absolute atomic E-state index is 12.9. The largest absolute Gasteiger partial charge is 0.491 e. The first-order valence-corrected chi connectivity index (χ1v) is 10.1. The predicted molar refractivity (Wildman–Crippen MR) is 111 cm³/mol. The summed E-state index contributed by atoms with van der Waals surface area (Å²) in [5.74, 6) is -0.296. The molecule has 1 aromatic carbocycles. The molecule has 1 aliphatic rings. The number of benzene rings is 1. The average molecular weight is 449 g/mol. The second-order valence-corrected chi connectivity index (χ2v) is 7.41. The van der Waals surface area contributed by atoms with E-state index in [-0.39, 0.29) is 35.1 Å². The lowest BCUT2D eigenvalue weighted by atomic mass is 9.93. The summed E-state index contributed by atoms with van der Waals surface area (Å²) in [7, 11) is 2.93. The Labute approximate surface area is 184 Å². The average Bonchev–Trinajstić information content (AvgIpc) is 2.79. The Hall–Kier alpha value is -3.43. The number of alkyl halides is 2. The van der Waals surface area contributed by atoms with Crippen LogP contribution < -0.4 is 19.5 Å². The molecule has 0 unspecified atom stereocenters. The Morgan fingerprint density at radius 1 is 1.19 bits per heavy atom. The van der Waals surface area contributed by atoms with Crippen molar-refractivity contribution in [2.75, 3.05) is 27.3 Å². The third-order valence-electron chi connectivity index (χ3n) is 5.34. The smallest absolute Gasteiger partial charge is 0.387 e. The van der Waals surface area contributed by atoms with Gasteiger partial charge in [0.15, 0.2) is 5.75 Å². The van der Waals surface area contributed by atoms with Gasteiger partial charge in [-0.2, -0.15) is 8.78 Å². The maximum atomic E-state index is 12.9. The standard InChI is InChI=1S/C22H25F2N3O5/c1-13-12-27(21(29)14-10-18(30-2)20(31-3)25-11-14)9-8-16(13)26-19(28)15-6-4-5-7-17(15)32-22(23)24/h4-7,10-11,13,16,22H,8-9,12H2,1-3H3,(H,26,28)/t13-,16-/m0/s1. The highest BCUT2D eigenvalue weighted by atomic mass is 19.3. The van der Waals surface area contributed by atoms with Crippen molar-refractivity contribution < 1.29 is 32.6 Å². The summed E-state index contributed by atoms with van der Waals surface area (Å²) in [6.07, 6.45) is 1.94. The summed E-state index contributed by atoms with van der Waals surface area (Å²) in [6.45, 7) is -0.285. The van der Waals surface area contributed by atoms with Crippen LogP contribution in [0.1, 0.15) is 34.1 Å². The fourth-order valence-corrected chi connectivity index (χ4v) is 3.67. The zero-order chi connectivity index (χ0) is 23.3. The molecule has 0 spiro atoms. The lowest BCUT2D eigenvalue weighted by Gasteiger charge is -2.37. The highest BCUT2D eigenvalue weighted by molar-refractivity contribution is 5.97. The van der Waals surface area contributed by atoms with E-state index < -0.39 is 12.5 Å². The van der Waals surface area contributed by atoms with Crippen LogP contribution in [0.2, 0.25) is 0 Å². The van der Waals surface area contributed by atoms with E-state index in [4.69, 9.17) is 9.47 Å². The Balaban J connectivity index is 1.65. The van der Waals surface area contributed by atoms with Crippen LogP contribution in [-0.2, 0) is 0 Å². The first-order valence-electron chi connectivity index (χ1n) is 10.1. The molecule has 10 heteroatoms. The molecule has 3 rings (SSSR count). The molecule has 2 aromatic rings. The Kier molecular flexibility index (Phi) is 7.45. The van der Waals surface area contributed by atoms with E-state index in [1.54, 1.807) is 17.0 Å². The highest BCUT2D eigenvalue weighted by Gasteiger charge is 2.31. The van der Waals surface area contributed by atoms with Gasteiger partial charge in [-0.3, -0.25) is 9.59 Å². The number of nitrogens with one attached hydrogen (secondary N) is 1. The summed E-state index contributed by atoms with van der Waals surface area (Å²) in [5, 5.41) is 2.88. The lowest BCUT2D eigenvalue weighted by molar-refractivity contribution is -0.0501. The first kappa shape index (κ1) is 23.2. The number of amides is 2. The monoisotopic (exact) mass is 449 g/mol. The molecule has 1 saturated heterocycles. The number of carbonyl (C=O) groups is 2. The van der Waals surface area contributed by atoms with Gasteiger partial charge in [0.05, 0.1) is 25.3 Å². The molecule has 2 heterocycles. The number of nitrogens with zero attached hydrogens (tertiary/aromatic N) is 2. The molecular formula is C22H25F2N3O5. The third-order valence-corrected chi connectivity index (χ3v) is 5.34. The van der Waals surface area contributed by atoms with Crippen LogP contribution in [0, 0.1) is 5.92 Å². The van der Waals surface area contributed by atoms with Crippen molar-refractivity contribution in [1.29, 1.82) is 0 Å². The van der Waals surface area contributed by atoms with Gasteiger partial charge in [0.25, 0.3) is 17.7 Å². The topological polar surface area (TPSA) is 90.0 Å². The SMILES string of the molecule is COc1cc(C(=O)N2CC[C@H](NC(=O)c3ccccc3OC(F)F)[C@@H](C)C2)cnc1OC. The number of likely N-dealkylation sites (tertiary alicyclic amines) is 1. The zero-order valence-corrected chi connectivity index (χ0v) is 18.0. The van der Waals surface area contributed by atoms with Crippen molar-refractivity contribution in [2.45, 2.75) is 26.0 Å². The number of halogens is 2. The minimum Gasteiger partial charge on any atom is -0.491 e. The van der Waals surface area contributed by atoms with Crippen molar-refractivity contribution in [3.8, 4) is 17.4 Å². The van der Waals surface area contributed by atoms with E-state index in [1.165, 1.54) is 38.6 Å². The van der Waals surface area contributed by atoms with Crippen LogP contribution in [-0.4, -0.2) is 61.7 Å². The van der Waals surface area contributed by atoms with E-state index >= 15 is 0 Å². The van der Waals surface area contributed by atoms with Crippen LogP contribution in [0.5, 0.6) is 17.4 Å². The van der Waals surface area contributed by atoms with Gasteiger partial charge in [-0.25, -0.2) is 4.98 Å². The number of rotatable bonds is 7. The lowest BCUT2D eigenvalue weighted by Crippen LogP contribution is -2.51. The van der Waals surface area contributed by atoms with Gasteiger partial charge in [-0.05, 0) is 24.5 Å². The van der Waals surface area contributed by atoms with Gasteiger partial charge in [0.1, 0.15) is 5.75 Å². The van der Waals surface area contributed by atoms with Crippen molar-refractivity contribution in [2.24, 2.45) is 5.92 Å². The van der Waals surface area contributed by atoms with Gasteiger partial charge < -0.3 is 24.4 Å². The minimum atomic E-state index is -3.02. The molecule has 0 radical (unpaired) electrons. The van der Waals surface area contributed by atoms with E-state index in [0.29, 0.717) is 30.8 Å². The Morgan fingerprint density at radius 2 is 1.94 bits per heavy atom. The number of piperidine rings is 1. The molecule has 2 atom stereocenters. The number of hydrogen-bond acceptors (Lipinski definition) is 6. The number of methoxy groups -OCH3 is 2. The van der Waals surface area contributed by atoms with Gasteiger partial charge >= 0.3 is 6.61 Å².